The third-order valence-corrected chi connectivity index (χ3v) is 5.53. The molecule has 0 aromatic heterocycles. The van der Waals surface area contributed by atoms with Crippen LogP contribution in [0.25, 0.3) is 0 Å². The molecule has 0 saturated carbocycles. The first-order valence-corrected chi connectivity index (χ1v) is 9.69. The SMILES string of the molecule is O=C1[C@H]2[C@H](ON(Cc3ccccc3)[C@@H]2c2ccccc2)C(=O)N1c1ccccc1. The number of carbonyl (C=O) groups excluding carboxylic acids is 2. The number of benzene rings is 3. The molecule has 0 radical (unpaired) electrons. The number of carbonyl (C=O) groups is 2. The number of nitrogens with zero attached hydrogens (tertiary/aromatic N) is 2. The summed E-state index contributed by atoms with van der Waals surface area (Å²) in [6, 6.07) is 28.4. The van der Waals surface area contributed by atoms with Crippen molar-refractivity contribution >= 4 is 17.5 Å². The van der Waals surface area contributed by atoms with Gasteiger partial charge in [-0.2, -0.15) is 5.06 Å². The van der Waals surface area contributed by atoms with Crippen LogP contribution >= 0.6 is 0 Å². The predicted molar refractivity (Wildman–Crippen MR) is 108 cm³/mol. The van der Waals surface area contributed by atoms with Gasteiger partial charge in [-0.25, -0.2) is 4.90 Å². The average molecular weight is 384 g/mol. The standard InChI is InChI=1S/C24H20N2O3/c27-23-20-21(18-12-6-2-7-13-18)25(16-17-10-4-1-5-11-17)29-22(20)24(28)26(23)19-14-8-3-9-15-19/h1-15,20-22H,16H2/t20-,21-,22+/m1/s1. The molecular weight excluding hydrogens is 364 g/mol. The van der Waals surface area contributed by atoms with Gasteiger partial charge in [-0.3, -0.25) is 14.4 Å². The van der Waals surface area contributed by atoms with E-state index < -0.39 is 12.0 Å². The van der Waals surface area contributed by atoms with Crippen molar-refractivity contribution in [1.82, 2.24) is 5.06 Å². The minimum Gasteiger partial charge on any atom is -0.284 e. The summed E-state index contributed by atoms with van der Waals surface area (Å²) >= 11 is 0. The zero-order valence-electron chi connectivity index (χ0n) is 15.7. The van der Waals surface area contributed by atoms with Crippen molar-refractivity contribution in [3.05, 3.63) is 102 Å². The molecule has 2 fully saturated rings. The van der Waals surface area contributed by atoms with Gasteiger partial charge in [0.05, 0.1) is 17.6 Å². The molecule has 29 heavy (non-hydrogen) atoms. The van der Waals surface area contributed by atoms with E-state index in [0.717, 1.165) is 11.1 Å². The molecule has 2 saturated heterocycles. The van der Waals surface area contributed by atoms with Crippen LogP contribution in [0.1, 0.15) is 17.2 Å². The quantitative estimate of drug-likeness (QED) is 0.643. The summed E-state index contributed by atoms with van der Waals surface area (Å²) in [5.74, 6) is -1.09. The van der Waals surface area contributed by atoms with E-state index >= 15 is 0 Å². The Morgan fingerprint density at radius 2 is 1.31 bits per heavy atom. The zero-order chi connectivity index (χ0) is 19.8. The predicted octanol–water partition coefficient (Wildman–Crippen LogP) is 3.73. The van der Waals surface area contributed by atoms with Crippen LogP contribution in [-0.2, 0) is 21.0 Å². The molecule has 0 spiro atoms. The van der Waals surface area contributed by atoms with Gasteiger partial charge in [0.2, 0.25) is 5.91 Å². The first-order valence-electron chi connectivity index (χ1n) is 9.69. The second kappa shape index (κ2) is 7.28. The van der Waals surface area contributed by atoms with Gasteiger partial charge < -0.3 is 0 Å². The van der Waals surface area contributed by atoms with Crippen LogP contribution in [0.4, 0.5) is 5.69 Å². The topological polar surface area (TPSA) is 49.9 Å². The lowest BCUT2D eigenvalue weighted by molar-refractivity contribution is -0.177. The minimum absolute atomic E-state index is 0.212. The van der Waals surface area contributed by atoms with Crippen molar-refractivity contribution in [2.45, 2.75) is 18.7 Å². The molecule has 0 aliphatic carbocycles. The van der Waals surface area contributed by atoms with Crippen LogP contribution in [0.5, 0.6) is 0 Å². The highest BCUT2D eigenvalue weighted by Gasteiger charge is 2.59. The Kier molecular flexibility index (Phi) is 4.46. The molecule has 2 heterocycles. The third-order valence-electron chi connectivity index (χ3n) is 5.53. The normalized spacial score (nSPS) is 24.1. The molecule has 0 unspecified atom stereocenters. The third kappa shape index (κ3) is 3.05. The molecule has 144 valence electrons. The molecule has 2 aliphatic rings. The average Bonchev–Trinajstić information content (AvgIpc) is 3.25. The minimum atomic E-state index is -0.809. The fraction of sp³-hybridized carbons (Fsp3) is 0.167. The van der Waals surface area contributed by atoms with Gasteiger partial charge in [0, 0.05) is 6.54 Å². The molecule has 3 atom stereocenters. The largest absolute Gasteiger partial charge is 0.284 e. The number of rotatable bonds is 4. The summed E-state index contributed by atoms with van der Waals surface area (Å²) in [6.07, 6.45) is -0.809. The highest BCUT2D eigenvalue weighted by molar-refractivity contribution is 6.23. The Morgan fingerprint density at radius 1 is 0.724 bits per heavy atom. The second-order valence-electron chi connectivity index (χ2n) is 7.32. The van der Waals surface area contributed by atoms with Gasteiger partial charge in [-0.05, 0) is 23.3 Å². The number of anilines is 1. The maximum Gasteiger partial charge on any atom is 0.265 e. The van der Waals surface area contributed by atoms with Crippen molar-refractivity contribution < 1.29 is 14.4 Å². The number of imide groups is 1. The summed E-state index contributed by atoms with van der Waals surface area (Å²) in [7, 11) is 0. The van der Waals surface area contributed by atoms with Gasteiger partial charge in [0.1, 0.15) is 0 Å². The summed E-state index contributed by atoms with van der Waals surface area (Å²) in [6.45, 7) is 0.499. The van der Waals surface area contributed by atoms with Crippen LogP contribution in [0, 0.1) is 5.92 Å². The van der Waals surface area contributed by atoms with E-state index in [0.29, 0.717) is 12.2 Å². The zero-order valence-corrected chi connectivity index (χ0v) is 15.7. The van der Waals surface area contributed by atoms with Gasteiger partial charge in [0.25, 0.3) is 5.91 Å². The molecule has 3 aromatic rings. The number of hydroxylamine groups is 2. The molecule has 0 N–H and O–H groups in total. The van der Waals surface area contributed by atoms with Crippen LogP contribution in [-0.4, -0.2) is 23.0 Å². The van der Waals surface area contributed by atoms with E-state index in [1.807, 2.05) is 78.9 Å². The Balaban J connectivity index is 1.52. The van der Waals surface area contributed by atoms with Gasteiger partial charge >= 0.3 is 0 Å². The number of hydrogen-bond donors (Lipinski definition) is 0. The number of amides is 2. The smallest absolute Gasteiger partial charge is 0.265 e. The van der Waals surface area contributed by atoms with E-state index in [9.17, 15) is 9.59 Å². The molecule has 0 bridgehead atoms. The van der Waals surface area contributed by atoms with E-state index in [-0.39, 0.29) is 17.9 Å². The van der Waals surface area contributed by atoms with Crippen LogP contribution in [0.2, 0.25) is 0 Å². The van der Waals surface area contributed by atoms with Crippen LogP contribution in [0.15, 0.2) is 91.0 Å². The number of hydrogen-bond acceptors (Lipinski definition) is 4. The Bertz CT molecular complexity index is 1020. The highest BCUT2D eigenvalue weighted by Crippen LogP contribution is 2.46. The number of fused-ring (bicyclic) bond motifs is 1. The molecule has 5 heteroatoms. The summed E-state index contributed by atoms with van der Waals surface area (Å²) in [5.41, 5.74) is 2.61. The summed E-state index contributed by atoms with van der Waals surface area (Å²) < 4.78 is 0. The summed E-state index contributed by atoms with van der Waals surface area (Å²) in [4.78, 5) is 33.9. The van der Waals surface area contributed by atoms with Gasteiger partial charge in [-0.15, -0.1) is 0 Å². The lowest BCUT2D eigenvalue weighted by Crippen LogP contribution is -2.37. The first-order chi connectivity index (χ1) is 14.2. The molecule has 3 aromatic carbocycles. The van der Waals surface area contributed by atoms with Crippen molar-refractivity contribution in [2.75, 3.05) is 4.90 Å². The first kappa shape index (κ1) is 17.8. The molecular formula is C24H20N2O3. The van der Waals surface area contributed by atoms with Gasteiger partial charge in [-0.1, -0.05) is 78.9 Å². The Hall–Kier alpha value is -3.28. The second-order valence-corrected chi connectivity index (χ2v) is 7.32. The fourth-order valence-corrected chi connectivity index (χ4v) is 4.22. The van der Waals surface area contributed by atoms with E-state index in [2.05, 4.69) is 0 Å². The maximum absolute atomic E-state index is 13.4. The molecule has 5 rings (SSSR count). The van der Waals surface area contributed by atoms with Gasteiger partial charge in [0.15, 0.2) is 6.10 Å². The maximum atomic E-state index is 13.4. The van der Waals surface area contributed by atoms with E-state index in [1.165, 1.54) is 4.90 Å². The van der Waals surface area contributed by atoms with Crippen molar-refractivity contribution in [3.63, 3.8) is 0 Å². The lowest BCUT2D eigenvalue weighted by atomic mass is 9.90. The van der Waals surface area contributed by atoms with E-state index in [4.69, 9.17) is 4.84 Å². The van der Waals surface area contributed by atoms with Crippen LogP contribution < -0.4 is 4.90 Å². The molecule has 2 aliphatic heterocycles. The van der Waals surface area contributed by atoms with Crippen molar-refractivity contribution in [1.29, 1.82) is 0 Å². The monoisotopic (exact) mass is 384 g/mol. The molecule has 2 amide bonds. The molecule has 5 nitrogen and oxygen atoms in total. The fourth-order valence-electron chi connectivity index (χ4n) is 4.22. The lowest BCUT2D eigenvalue weighted by Gasteiger charge is -2.27. The van der Waals surface area contributed by atoms with Crippen molar-refractivity contribution in [3.8, 4) is 0 Å². The Morgan fingerprint density at radius 3 is 1.97 bits per heavy atom. The van der Waals surface area contributed by atoms with Crippen LogP contribution in [0.3, 0.4) is 0 Å². The Labute approximate surface area is 169 Å². The number of para-hydroxylation sites is 1. The van der Waals surface area contributed by atoms with E-state index in [1.54, 1.807) is 17.2 Å². The highest BCUT2D eigenvalue weighted by atomic mass is 16.7. The van der Waals surface area contributed by atoms with Crippen molar-refractivity contribution in [2.24, 2.45) is 5.92 Å². The summed E-state index contributed by atoms with van der Waals surface area (Å²) in [5, 5.41) is 1.79.